The second kappa shape index (κ2) is 6.16. The first-order chi connectivity index (χ1) is 7.90. The van der Waals surface area contributed by atoms with Crippen molar-refractivity contribution in [2.45, 2.75) is 46.1 Å². The van der Waals surface area contributed by atoms with Gasteiger partial charge in [-0.3, -0.25) is 0 Å². The van der Waals surface area contributed by atoms with E-state index in [1.807, 2.05) is 13.8 Å². The van der Waals surface area contributed by atoms with Crippen LogP contribution in [0, 0.1) is 11.8 Å². The number of nitrogens with zero attached hydrogens (tertiary/aromatic N) is 1. The lowest BCUT2D eigenvalue weighted by molar-refractivity contribution is 0.133. The van der Waals surface area contributed by atoms with Crippen molar-refractivity contribution in [2.75, 3.05) is 18.8 Å². The third-order valence-corrected chi connectivity index (χ3v) is 5.88. The van der Waals surface area contributed by atoms with Gasteiger partial charge < -0.3 is 5.11 Å². The van der Waals surface area contributed by atoms with Crippen molar-refractivity contribution in [1.29, 1.82) is 0 Å². The maximum absolute atomic E-state index is 12.2. The molecule has 0 saturated carbocycles. The number of hydrogen-bond donors (Lipinski definition) is 1. The van der Waals surface area contributed by atoms with E-state index < -0.39 is 16.1 Å². The Labute approximate surface area is 105 Å². The molecule has 102 valence electrons. The van der Waals surface area contributed by atoms with Crippen LogP contribution in [-0.2, 0) is 10.0 Å². The summed E-state index contributed by atoms with van der Waals surface area (Å²) in [6.45, 7) is 6.86. The lowest BCUT2D eigenvalue weighted by atomic mass is 10.0. The van der Waals surface area contributed by atoms with Gasteiger partial charge in [0.1, 0.15) is 0 Å². The fourth-order valence-corrected chi connectivity index (χ4v) is 4.41. The van der Waals surface area contributed by atoms with Crippen LogP contribution >= 0.6 is 0 Å². The molecular formula is C12H25NO3S. The van der Waals surface area contributed by atoms with E-state index in [0.717, 1.165) is 19.3 Å². The van der Waals surface area contributed by atoms with Crippen molar-refractivity contribution in [2.24, 2.45) is 11.8 Å². The van der Waals surface area contributed by atoms with E-state index in [2.05, 4.69) is 0 Å². The van der Waals surface area contributed by atoms with Crippen molar-refractivity contribution in [3.63, 3.8) is 0 Å². The van der Waals surface area contributed by atoms with E-state index in [-0.39, 0.29) is 17.6 Å². The molecule has 0 aromatic heterocycles. The molecule has 17 heavy (non-hydrogen) atoms. The predicted octanol–water partition coefficient (Wildman–Crippen LogP) is 1.46. The zero-order chi connectivity index (χ0) is 13.1. The van der Waals surface area contributed by atoms with Crippen molar-refractivity contribution >= 4 is 10.0 Å². The zero-order valence-corrected chi connectivity index (χ0v) is 11.9. The summed E-state index contributed by atoms with van der Waals surface area (Å²) in [5.41, 5.74) is 0. The minimum absolute atomic E-state index is 0.103. The van der Waals surface area contributed by atoms with Gasteiger partial charge in [-0.1, -0.05) is 26.7 Å². The van der Waals surface area contributed by atoms with E-state index in [1.165, 1.54) is 0 Å². The highest BCUT2D eigenvalue weighted by Gasteiger charge is 2.34. The number of aliphatic hydroxyl groups is 1. The Kier molecular flexibility index (Phi) is 5.41. The SMILES string of the molecule is CCC(CC)CS(=O)(=O)N1CCC(C(C)O)C1. The molecule has 0 aromatic carbocycles. The van der Waals surface area contributed by atoms with Crippen molar-refractivity contribution in [3.05, 3.63) is 0 Å². The van der Waals surface area contributed by atoms with Crippen LogP contribution < -0.4 is 0 Å². The second-order valence-corrected chi connectivity index (χ2v) is 7.12. The highest BCUT2D eigenvalue weighted by atomic mass is 32.2. The molecule has 1 rings (SSSR count). The highest BCUT2D eigenvalue weighted by molar-refractivity contribution is 7.89. The monoisotopic (exact) mass is 263 g/mol. The van der Waals surface area contributed by atoms with Crippen LogP contribution in [0.5, 0.6) is 0 Å². The molecule has 1 heterocycles. The molecule has 0 radical (unpaired) electrons. The molecule has 0 amide bonds. The van der Waals surface area contributed by atoms with Crippen LogP contribution in [0.15, 0.2) is 0 Å². The molecule has 0 spiro atoms. The lowest BCUT2D eigenvalue weighted by Crippen LogP contribution is -2.34. The van der Waals surface area contributed by atoms with Crippen molar-refractivity contribution in [3.8, 4) is 0 Å². The van der Waals surface area contributed by atoms with E-state index in [1.54, 1.807) is 11.2 Å². The smallest absolute Gasteiger partial charge is 0.214 e. The molecule has 1 fully saturated rings. The number of sulfonamides is 1. The van der Waals surface area contributed by atoms with Gasteiger partial charge in [0.15, 0.2) is 0 Å². The summed E-state index contributed by atoms with van der Waals surface area (Å²) in [5, 5.41) is 9.49. The Bertz CT molecular complexity index is 323. The van der Waals surface area contributed by atoms with Gasteiger partial charge in [-0.05, 0) is 25.2 Å². The van der Waals surface area contributed by atoms with Gasteiger partial charge >= 0.3 is 0 Å². The van der Waals surface area contributed by atoms with Crippen LogP contribution in [0.25, 0.3) is 0 Å². The third-order valence-electron chi connectivity index (χ3n) is 3.86. The Morgan fingerprint density at radius 3 is 2.35 bits per heavy atom. The lowest BCUT2D eigenvalue weighted by Gasteiger charge is -2.20. The summed E-state index contributed by atoms with van der Waals surface area (Å²) in [6, 6.07) is 0. The standard InChI is InChI=1S/C12H25NO3S/c1-4-11(5-2)9-17(15,16)13-7-6-12(8-13)10(3)14/h10-12,14H,4-9H2,1-3H3. The summed E-state index contributed by atoms with van der Waals surface area (Å²) in [6.07, 6.45) is 2.18. The minimum atomic E-state index is -3.13. The first-order valence-corrected chi connectivity index (χ1v) is 8.17. The average Bonchev–Trinajstić information content (AvgIpc) is 2.75. The van der Waals surface area contributed by atoms with E-state index in [9.17, 15) is 13.5 Å². The highest BCUT2D eigenvalue weighted by Crippen LogP contribution is 2.24. The summed E-state index contributed by atoms with van der Waals surface area (Å²) >= 11 is 0. The van der Waals surface area contributed by atoms with Gasteiger partial charge in [-0.15, -0.1) is 0 Å². The maximum Gasteiger partial charge on any atom is 0.214 e. The van der Waals surface area contributed by atoms with Gasteiger partial charge in [0.25, 0.3) is 0 Å². The van der Waals surface area contributed by atoms with Crippen LogP contribution in [0.3, 0.4) is 0 Å². The quantitative estimate of drug-likeness (QED) is 0.789. The topological polar surface area (TPSA) is 57.6 Å². The molecule has 2 unspecified atom stereocenters. The molecular weight excluding hydrogens is 238 g/mol. The normalized spacial score (nSPS) is 24.4. The predicted molar refractivity (Wildman–Crippen MR) is 69.2 cm³/mol. The van der Waals surface area contributed by atoms with Gasteiger partial charge in [-0.2, -0.15) is 0 Å². The molecule has 0 bridgehead atoms. The Morgan fingerprint density at radius 1 is 1.35 bits per heavy atom. The maximum atomic E-state index is 12.2. The number of hydrogen-bond acceptors (Lipinski definition) is 3. The summed E-state index contributed by atoms with van der Waals surface area (Å²) in [5.74, 6) is 0.615. The molecule has 1 aliphatic rings. The number of rotatable bonds is 6. The van der Waals surface area contributed by atoms with Gasteiger partial charge in [0, 0.05) is 13.1 Å². The molecule has 0 aliphatic carbocycles. The average molecular weight is 263 g/mol. The first-order valence-electron chi connectivity index (χ1n) is 6.56. The van der Waals surface area contributed by atoms with Crippen LogP contribution in [0.2, 0.25) is 0 Å². The molecule has 1 saturated heterocycles. The van der Waals surface area contributed by atoms with E-state index in [4.69, 9.17) is 0 Å². The van der Waals surface area contributed by atoms with E-state index >= 15 is 0 Å². The molecule has 0 aromatic rings. The van der Waals surface area contributed by atoms with Crippen molar-refractivity contribution in [1.82, 2.24) is 4.31 Å². The fourth-order valence-electron chi connectivity index (χ4n) is 2.33. The molecule has 2 atom stereocenters. The minimum Gasteiger partial charge on any atom is -0.393 e. The second-order valence-electron chi connectivity index (χ2n) is 5.11. The van der Waals surface area contributed by atoms with Gasteiger partial charge in [0.05, 0.1) is 11.9 Å². The summed E-state index contributed by atoms with van der Waals surface area (Å²) < 4.78 is 25.9. The van der Waals surface area contributed by atoms with Crippen LogP contribution in [-0.4, -0.2) is 42.8 Å². The largest absolute Gasteiger partial charge is 0.393 e. The molecule has 1 aliphatic heterocycles. The van der Waals surface area contributed by atoms with Crippen molar-refractivity contribution < 1.29 is 13.5 Å². The van der Waals surface area contributed by atoms with Crippen LogP contribution in [0.1, 0.15) is 40.0 Å². The summed E-state index contributed by atoms with van der Waals surface area (Å²) in [4.78, 5) is 0. The summed E-state index contributed by atoms with van der Waals surface area (Å²) in [7, 11) is -3.13. The Morgan fingerprint density at radius 2 is 1.94 bits per heavy atom. The van der Waals surface area contributed by atoms with E-state index in [0.29, 0.717) is 13.1 Å². The third kappa shape index (κ3) is 3.93. The first kappa shape index (κ1) is 14.9. The Balaban J connectivity index is 2.60. The molecule has 4 nitrogen and oxygen atoms in total. The van der Waals surface area contributed by atoms with Gasteiger partial charge in [0.2, 0.25) is 10.0 Å². The zero-order valence-electron chi connectivity index (χ0n) is 11.1. The number of aliphatic hydroxyl groups excluding tert-OH is 1. The Hall–Kier alpha value is -0.130. The molecule has 1 N–H and O–H groups in total. The van der Waals surface area contributed by atoms with Crippen LogP contribution in [0.4, 0.5) is 0 Å². The fraction of sp³-hybridized carbons (Fsp3) is 1.00. The van der Waals surface area contributed by atoms with Gasteiger partial charge in [-0.25, -0.2) is 12.7 Å². The molecule has 5 heteroatoms.